The van der Waals surface area contributed by atoms with Gasteiger partial charge < -0.3 is 14.1 Å². The van der Waals surface area contributed by atoms with E-state index in [1.54, 1.807) is 0 Å². The zero-order valence-corrected chi connectivity index (χ0v) is 15.1. The molecule has 134 valence electrons. The van der Waals surface area contributed by atoms with Gasteiger partial charge in [0.05, 0.1) is 31.9 Å². The van der Waals surface area contributed by atoms with Crippen LogP contribution in [0.3, 0.4) is 0 Å². The summed E-state index contributed by atoms with van der Waals surface area (Å²) in [5, 5.41) is 0. The summed E-state index contributed by atoms with van der Waals surface area (Å²) >= 11 is 0. The second kappa shape index (κ2) is 7.23. The first-order valence-corrected chi connectivity index (χ1v) is 8.97. The molecule has 0 spiro atoms. The predicted molar refractivity (Wildman–Crippen MR) is 90.6 cm³/mol. The molecule has 0 aromatic carbocycles. The summed E-state index contributed by atoms with van der Waals surface area (Å²) in [6.07, 6.45) is 3.86. The van der Waals surface area contributed by atoms with Crippen molar-refractivity contribution < 1.29 is 13.9 Å². The molecule has 1 amide bonds. The van der Waals surface area contributed by atoms with E-state index in [0.717, 1.165) is 50.7 Å². The highest BCUT2D eigenvalue weighted by atomic mass is 16.5. The van der Waals surface area contributed by atoms with Gasteiger partial charge in [-0.25, -0.2) is 4.98 Å². The quantitative estimate of drug-likeness (QED) is 0.846. The number of amides is 1. The first-order chi connectivity index (χ1) is 11.4. The van der Waals surface area contributed by atoms with Gasteiger partial charge in [-0.3, -0.25) is 9.69 Å². The van der Waals surface area contributed by atoms with Crippen LogP contribution >= 0.6 is 0 Å². The average molecular weight is 335 g/mol. The van der Waals surface area contributed by atoms with Gasteiger partial charge in [0.25, 0.3) is 0 Å². The molecular formula is C18H29N3O3. The van der Waals surface area contributed by atoms with Crippen molar-refractivity contribution >= 4 is 5.91 Å². The Morgan fingerprint density at radius 1 is 1.29 bits per heavy atom. The Morgan fingerprint density at radius 2 is 2.04 bits per heavy atom. The van der Waals surface area contributed by atoms with E-state index in [4.69, 9.17) is 9.15 Å². The van der Waals surface area contributed by atoms with Crippen LogP contribution in [0.2, 0.25) is 0 Å². The molecule has 6 nitrogen and oxygen atoms in total. The van der Waals surface area contributed by atoms with Crippen LogP contribution in [-0.4, -0.2) is 60.1 Å². The normalized spacial score (nSPS) is 23.5. The highest BCUT2D eigenvalue weighted by Crippen LogP contribution is 2.25. The monoisotopic (exact) mass is 335 g/mol. The molecule has 24 heavy (non-hydrogen) atoms. The number of likely N-dealkylation sites (tertiary alicyclic amines) is 1. The van der Waals surface area contributed by atoms with Crippen LogP contribution in [0, 0.1) is 5.92 Å². The topological polar surface area (TPSA) is 58.8 Å². The molecule has 0 unspecified atom stereocenters. The summed E-state index contributed by atoms with van der Waals surface area (Å²) in [6.45, 7) is 11.6. The van der Waals surface area contributed by atoms with Crippen LogP contribution in [0.4, 0.5) is 0 Å². The second-order valence-corrected chi connectivity index (χ2v) is 7.88. The number of aromatic nitrogens is 1. The first-order valence-electron chi connectivity index (χ1n) is 8.97. The number of rotatable bonds is 3. The fourth-order valence-corrected chi connectivity index (χ4v) is 3.36. The number of carbonyl (C=O) groups is 1. The smallest absolute Gasteiger partial charge is 0.227 e. The average Bonchev–Trinajstić information content (AvgIpc) is 3.04. The Labute approximate surface area is 144 Å². The third kappa shape index (κ3) is 4.16. The Morgan fingerprint density at radius 3 is 2.71 bits per heavy atom. The molecular weight excluding hydrogens is 306 g/mol. The minimum atomic E-state index is -0.0258. The van der Waals surface area contributed by atoms with Gasteiger partial charge in [0.2, 0.25) is 11.8 Å². The molecule has 2 aliphatic heterocycles. The highest BCUT2D eigenvalue weighted by molar-refractivity contribution is 5.79. The van der Waals surface area contributed by atoms with Crippen molar-refractivity contribution in [3.05, 3.63) is 17.8 Å². The SMILES string of the molecule is CC(C)(C)c1cnc(CN2CCC[C@H](C(=O)N3CCOCC3)C2)o1. The van der Waals surface area contributed by atoms with Gasteiger partial charge in [0.1, 0.15) is 5.76 Å². The Hall–Kier alpha value is -1.40. The van der Waals surface area contributed by atoms with Gasteiger partial charge in [-0.2, -0.15) is 0 Å². The number of ether oxygens (including phenoxy) is 1. The number of hydrogen-bond donors (Lipinski definition) is 0. The lowest BCUT2D eigenvalue weighted by Crippen LogP contribution is -2.48. The molecule has 2 fully saturated rings. The maximum absolute atomic E-state index is 12.7. The minimum Gasteiger partial charge on any atom is -0.444 e. The molecule has 3 rings (SSSR count). The molecule has 3 heterocycles. The number of morpholine rings is 1. The lowest BCUT2D eigenvalue weighted by Gasteiger charge is -2.35. The number of carbonyl (C=O) groups excluding carboxylic acids is 1. The maximum atomic E-state index is 12.7. The summed E-state index contributed by atoms with van der Waals surface area (Å²) in [4.78, 5) is 21.4. The summed E-state index contributed by atoms with van der Waals surface area (Å²) in [5.74, 6) is 2.04. The van der Waals surface area contributed by atoms with E-state index >= 15 is 0 Å². The second-order valence-electron chi connectivity index (χ2n) is 7.88. The summed E-state index contributed by atoms with van der Waals surface area (Å²) in [7, 11) is 0. The highest BCUT2D eigenvalue weighted by Gasteiger charge is 2.30. The van der Waals surface area contributed by atoms with Crippen molar-refractivity contribution in [2.75, 3.05) is 39.4 Å². The van der Waals surface area contributed by atoms with E-state index in [-0.39, 0.29) is 17.2 Å². The largest absolute Gasteiger partial charge is 0.444 e. The minimum absolute atomic E-state index is 0.0258. The van der Waals surface area contributed by atoms with Crippen LogP contribution in [0.15, 0.2) is 10.6 Å². The summed E-state index contributed by atoms with van der Waals surface area (Å²) in [5.41, 5.74) is -0.0258. The van der Waals surface area contributed by atoms with Crippen molar-refractivity contribution in [1.82, 2.24) is 14.8 Å². The van der Waals surface area contributed by atoms with Gasteiger partial charge in [0, 0.05) is 25.0 Å². The van der Waals surface area contributed by atoms with Crippen LogP contribution in [0.1, 0.15) is 45.3 Å². The van der Waals surface area contributed by atoms with E-state index in [1.807, 2.05) is 11.1 Å². The predicted octanol–water partition coefficient (Wildman–Crippen LogP) is 2.04. The van der Waals surface area contributed by atoms with Gasteiger partial charge in [-0.15, -0.1) is 0 Å². The fourth-order valence-electron chi connectivity index (χ4n) is 3.36. The number of piperidine rings is 1. The summed E-state index contributed by atoms with van der Waals surface area (Å²) in [6, 6.07) is 0. The molecule has 0 aliphatic carbocycles. The number of hydrogen-bond acceptors (Lipinski definition) is 5. The van der Waals surface area contributed by atoms with Crippen molar-refractivity contribution in [2.45, 2.75) is 45.6 Å². The van der Waals surface area contributed by atoms with Crippen LogP contribution in [0.25, 0.3) is 0 Å². The molecule has 0 radical (unpaired) electrons. The first kappa shape index (κ1) is 17.4. The van der Waals surface area contributed by atoms with Crippen LogP contribution in [0.5, 0.6) is 0 Å². The Kier molecular flexibility index (Phi) is 5.25. The number of oxazole rings is 1. The number of nitrogens with zero attached hydrogens (tertiary/aromatic N) is 3. The fraction of sp³-hybridized carbons (Fsp3) is 0.778. The standard InChI is InChI=1S/C18H29N3O3/c1-18(2,3)15-11-19-16(24-15)13-20-6-4-5-14(12-20)17(22)21-7-9-23-10-8-21/h11,14H,4-10,12-13H2,1-3H3/t14-/m0/s1. The third-order valence-electron chi connectivity index (χ3n) is 4.83. The lowest BCUT2D eigenvalue weighted by atomic mass is 9.94. The maximum Gasteiger partial charge on any atom is 0.227 e. The summed E-state index contributed by atoms with van der Waals surface area (Å²) < 4.78 is 11.2. The molecule has 6 heteroatoms. The molecule has 1 aromatic heterocycles. The van der Waals surface area contributed by atoms with Crippen LogP contribution in [-0.2, 0) is 21.5 Å². The van der Waals surface area contributed by atoms with Gasteiger partial charge in [0.15, 0.2) is 0 Å². The third-order valence-corrected chi connectivity index (χ3v) is 4.83. The van der Waals surface area contributed by atoms with Crippen molar-refractivity contribution in [2.24, 2.45) is 5.92 Å². The van der Waals surface area contributed by atoms with E-state index < -0.39 is 0 Å². The van der Waals surface area contributed by atoms with Crippen molar-refractivity contribution in [1.29, 1.82) is 0 Å². The van der Waals surface area contributed by atoms with Gasteiger partial charge in [-0.1, -0.05) is 20.8 Å². The Bertz CT molecular complexity index is 558. The molecule has 0 saturated carbocycles. The molecule has 2 saturated heterocycles. The molecule has 2 aliphatic rings. The van der Waals surface area contributed by atoms with E-state index in [1.165, 1.54) is 0 Å². The molecule has 1 atom stereocenters. The lowest BCUT2D eigenvalue weighted by molar-refractivity contribution is -0.141. The zero-order valence-electron chi connectivity index (χ0n) is 15.1. The zero-order chi connectivity index (χ0) is 17.2. The van der Waals surface area contributed by atoms with E-state index in [0.29, 0.717) is 19.8 Å². The molecule has 1 aromatic rings. The molecule has 0 N–H and O–H groups in total. The Balaban J connectivity index is 1.57. The van der Waals surface area contributed by atoms with Crippen molar-refractivity contribution in [3.8, 4) is 0 Å². The van der Waals surface area contributed by atoms with Gasteiger partial charge >= 0.3 is 0 Å². The van der Waals surface area contributed by atoms with E-state index in [9.17, 15) is 4.79 Å². The van der Waals surface area contributed by atoms with Crippen molar-refractivity contribution in [3.63, 3.8) is 0 Å². The van der Waals surface area contributed by atoms with Crippen LogP contribution < -0.4 is 0 Å². The van der Waals surface area contributed by atoms with Gasteiger partial charge in [-0.05, 0) is 19.4 Å². The molecule has 0 bridgehead atoms. The van der Waals surface area contributed by atoms with E-state index in [2.05, 4.69) is 30.7 Å².